The molecule has 13 heavy (non-hydrogen) atoms. The molecule has 0 saturated carbocycles. The number of nitrogens with zero attached hydrogens (tertiary/aromatic N) is 2. The molecule has 1 aromatic rings. The highest BCUT2D eigenvalue weighted by Gasteiger charge is 1.95. The molecule has 2 nitrogen and oxygen atoms in total. The third-order valence-electron chi connectivity index (χ3n) is 1.93. The van der Waals surface area contributed by atoms with E-state index in [4.69, 9.17) is 0 Å². The molecule has 0 fully saturated rings. The van der Waals surface area contributed by atoms with E-state index >= 15 is 0 Å². The Labute approximate surface area is 84.2 Å². The lowest BCUT2D eigenvalue weighted by molar-refractivity contribution is 0.711. The molecule has 0 radical (unpaired) electrons. The summed E-state index contributed by atoms with van der Waals surface area (Å²) in [5, 5.41) is 0.860. The smallest absolute Gasteiger partial charge is 0.187 e. The van der Waals surface area contributed by atoms with Crippen LogP contribution in [0.25, 0.3) is 0 Å². The molecule has 0 unspecified atom stereocenters. The molecule has 0 aliphatic carbocycles. The van der Waals surface area contributed by atoms with Crippen molar-refractivity contribution in [1.82, 2.24) is 9.97 Å². The van der Waals surface area contributed by atoms with E-state index in [9.17, 15) is 0 Å². The van der Waals surface area contributed by atoms with Crippen LogP contribution in [0.1, 0.15) is 31.7 Å². The van der Waals surface area contributed by atoms with Gasteiger partial charge in [-0.2, -0.15) is 0 Å². The number of rotatable bonds is 5. The summed E-state index contributed by atoms with van der Waals surface area (Å²) in [7, 11) is 0. The quantitative estimate of drug-likeness (QED) is 0.411. The predicted molar refractivity (Wildman–Crippen MR) is 57.0 cm³/mol. The summed E-state index contributed by atoms with van der Waals surface area (Å²) >= 11 is 1.58. The fraction of sp³-hybridized carbons (Fsp3) is 0.600. The van der Waals surface area contributed by atoms with Gasteiger partial charge in [-0.25, -0.2) is 9.97 Å². The minimum atomic E-state index is 0.860. The lowest BCUT2D eigenvalue weighted by Gasteiger charge is -1.99. The maximum Gasteiger partial charge on any atom is 0.187 e. The van der Waals surface area contributed by atoms with E-state index in [0.717, 1.165) is 11.6 Å². The average molecular weight is 196 g/mol. The van der Waals surface area contributed by atoms with Gasteiger partial charge in [-0.05, 0) is 24.7 Å². The molecule has 72 valence electrons. The van der Waals surface area contributed by atoms with Crippen molar-refractivity contribution in [2.45, 2.75) is 37.8 Å². The predicted octanol–water partition coefficient (Wildman–Crippen LogP) is 2.93. The van der Waals surface area contributed by atoms with Crippen LogP contribution >= 0.6 is 11.8 Å². The van der Waals surface area contributed by atoms with Gasteiger partial charge in [0.1, 0.15) is 0 Å². The second-order valence-corrected chi connectivity index (χ2v) is 3.81. The van der Waals surface area contributed by atoms with Crippen molar-refractivity contribution in [3.05, 3.63) is 18.0 Å². The third kappa shape index (κ3) is 3.77. The van der Waals surface area contributed by atoms with Crippen LogP contribution in [0, 0.1) is 0 Å². The normalized spacial score (nSPS) is 10.3. The first-order chi connectivity index (χ1) is 6.36. The van der Waals surface area contributed by atoms with Crippen molar-refractivity contribution in [1.29, 1.82) is 0 Å². The lowest BCUT2D eigenvalue weighted by Crippen LogP contribution is -1.91. The Hall–Kier alpha value is -0.570. The number of aromatic nitrogens is 2. The van der Waals surface area contributed by atoms with Crippen LogP contribution in [-0.2, 0) is 6.42 Å². The molecule has 0 spiro atoms. The third-order valence-corrected chi connectivity index (χ3v) is 2.51. The Morgan fingerprint density at radius 3 is 2.46 bits per heavy atom. The van der Waals surface area contributed by atoms with Gasteiger partial charge in [-0.3, -0.25) is 0 Å². The van der Waals surface area contributed by atoms with Crippen molar-refractivity contribution in [3.8, 4) is 0 Å². The Balaban J connectivity index is 2.40. The molecule has 1 aromatic heterocycles. The van der Waals surface area contributed by atoms with Crippen molar-refractivity contribution in [2.24, 2.45) is 0 Å². The second kappa shape index (κ2) is 5.97. The van der Waals surface area contributed by atoms with Gasteiger partial charge >= 0.3 is 0 Å². The highest BCUT2D eigenvalue weighted by Crippen LogP contribution is 2.09. The van der Waals surface area contributed by atoms with E-state index in [1.807, 2.05) is 18.6 Å². The van der Waals surface area contributed by atoms with E-state index < -0.39 is 0 Å². The summed E-state index contributed by atoms with van der Waals surface area (Å²) < 4.78 is 0. The number of hydrogen-bond donors (Lipinski definition) is 0. The monoisotopic (exact) mass is 196 g/mol. The summed E-state index contributed by atoms with van der Waals surface area (Å²) in [5.41, 5.74) is 1.26. The molecule has 3 heteroatoms. The molecule has 0 amide bonds. The van der Waals surface area contributed by atoms with Gasteiger partial charge < -0.3 is 0 Å². The summed E-state index contributed by atoms with van der Waals surface area (Å²) in [4.78, 5) is 8.46. The van der Waals surface area contributed by atoms with E-state index in [0.29, 0.717) is 0 Å². The average Bonchev–Trinajstić information content (AvgIpc) is 2.19. The Morgan fingerprint density at radius 1 is 1.23 bits per heavy atom. The highest BCUT2D eigenvalue weighted by molar-refractivity contribution is 7.98. The number of thioether (sulfide) groups is 1. The van der Waals surface area contributed by atoms with Crippen molar-refractivity contribution in [3.63, 3.8) is 0 Å². The van der Waals surface area contributed by atoms with E-state index in [2.05, 4.69) is 16.9 Å². The van der Waals surface area contributed by atoms with E-state index in [-0.39, 0.29) is 0 Å². The molecule has 0 aliphatic rings. The van der Waals surface area contributed by atoms with Gasteiger partial charge in [0.05, 0.1) is 0 Å². The van der Waals surface area contributed by atoms with Gasteiger partial charge in [0.25, 0.3) is 0 Å². The summed E-state index contributed by atoms with van der Waals surface area (Å²) in [5.74, 6) is 0. The zero-order valence-electron chi connectivity index (χ0n) is 8.29. The molecular formula is C10H16N2S. The Morgan fingerprint density at radius 2 is 1.92 bits per heavy atom. The van der Waals surface area contributed by atoms with E-state index in [1.165, 1.54) is 24.8 Å². The lowest BCUT2D eigenvalue weighted by atomic mass is 10.1. The van der Waals surface area contributed by atoms with Crippen LogP contribution < -0.4 is 0 Å². The van der Waals surface area contributed by atoms with Crippen molar-refractivity contribution >= 4 is 11.8 Å². The number of hydrogen-bond acceptors (Lipinski definition) is 3. The fourth-order valence-electron chi connectivity index (χ4n) is 1.16. The molecule has 0 atom stereocenters. The van der Waals surface area contributed by atoms with Crippen LogP contribution in [-0.4, -0.2) is 16.2 Å². The molecule has 0 aliphatic heterocycles. The molecule has 0 N–H and O–H groups in total. The molecule has 1 rings (SSSR count). The molecule has 0 bridgehead atoms. The largest absolute Gasteiger partial charge is 0.231 e. The maximum absolute atomic E-state index is 4.23. The maximum atomic E-state index is 4.23. The van der Waals surface area contributed by atoms with Gasteiger partial charge in [0, 0.05) is 12.4 Å². The zero-order chi connectivity index (χ0) is 9.52. The van der Waals surface area contributed by atoms with Crippen molar-refractivity contribution in [2.75, 3.05) is 6.26 Å². The molecular weight excluding hydrogens is 180 g/mol. The summed E-state index contributed by atoms with van der Waals surface area (Å²) in [6.45, 7) is 2.22. The first-order valence-corrected chi connectivity index (χ1v) is 5.94. The minimum absolute atomic E-state index is 0.860. The standard InChI is InChI=1S/C10H16N2S/c1-3-4-5-6-9-7-11-10(13-2)12-8-9/h7-8H,3-6H2,1-2H3. The van der Waals surface area contributed by atoms with Gasteiger partial charge in [0.2, 0.25) is 0 Å². The van der Waals surface area contributed by atoms with Gasteiger partial charge in [-0.15, -0.1) is 0 Å². The Kier molecular flexibility index (Phi) is 4.83. The van der Waals surface area contributed by atoms with Gasteiger partial charge in [0.15, 0.2) is 5.16 Å². The zero-order valence-corrected chi connectivity index (χ0v) is 9.10. The van der Waals surface area contributed by atoms with Crippen LogP contribution in [0.2, 0.25) is 0 Å². The molecule has 0 saturated heterocycles. The second-order valence-electron chi connectivity index (χ2n) is 3.04. The van der Waals surface area contributed by atoms with Crippen LogP contribution in [0.5, 0.6) is 0 Å². The van der Waals surface area contributed by atoms with Crippen LogP contribution in [0.4, 0.5) is 0 Å². The van der Waals surface area contributed by atoms with Gasteiger partial charge in [-0.1, -0.05) is 31.5 Å². The first kappa shape index (κ1) is 10.5. The topological polar surface area (TPSA) is 25.8 Å². The highest BCUT2D eigenvalue weighted by atomic mass is 32.2. The van der Waals surface area contributed by atoms with Crippen molar-refractivity contribution < 1.29 is 0 Å². The summed E-state index contributed by atoms with van der Waals surface area (Å²) in [6.07, 6.45) is 10.8. The first-order valence-electron chi connectivity index (χ1n) is 4.71. The molecule has 1 heterocycles. The van der Waals surface area contributed by atoms with Crippen LogP contribution in [0.15, 0.2) is 17.6 Å². The van der Waals surface area contributed by atoms with Crippen LogP contribution in [0.3, 0.4) is 0 Å². The Bertz CT molecular complexity index is 233. The number of aryl methyl sites for hydroxylation is 1. The number of unbranched alkanes of at least 4 members (excludes halogenated alkanes) is 2. The minimum Gasteiger partial charge on any atom is -0.231 e. The molecule has 0 aromatic carbocycles. The van der Waals surface area contributed by atoms with E-state index in [1.54, 1.807) is 11.8 Å². The summed E-state index contributed by atoms with van der Waals surface area (Å²) in [6, 6.07) is 0. The fourth-order valence-corrected chi connectivity index (χ4v) is 1.47. The SMILES string of the molecule is CCCCCc1cnc(SC)nc1.